The summed E-state index contributed by atoms with van der Waals surface area (Å²) >= 11 is 0. The zero-order chi connectivity index (χ0) is 23.2. The second-order valence-electron chi connectivity index (χ2n) is 7.81. The zero-order valence-corrected chi connectivity index (χ0v) is 19.6. The SMILES string of the molecule is CCN(CC)c1ccc(CN(CC(C)C)C(=O)c2ccccc2F)c(OS(C)(=O)=O)c1. The lowest BCUT2D eigenvalue weighted by molar-refractivity contribution is 0.0717. The lowest BCUT2D eigenvalue weighted by Gasteiger charge is -2.27. The molecule has 2 aromatic rings. The smallest absolute Gasteiger partial charge is 0.306 e. The Labute approximate surface area is 184 Å². The van der Waals surface area contributed by atoms with E-state index in [1.807, 2.05) is 33.8 Å². The molecule has 8 heteroatoms. The fourth-order valence-electron chi connectivity index (χ4n) is 3.37. The van der Waals surface area contributed by atoms with Gasteiger partial charge in [-0.2, -0.15) is 8.42 Å². The van der Waals surface area contributed by atoms with Crippen molar-refractivity contribution in [3.63, 3.8) is 0 Å². The normalized spacial score (nSPS) is 11.5. The number of nitrogens with zero attached hydrogens (tertiary/aromatic N) is 2. The van der Waals surface area contributed by atoms with Gasteiger partial charge in [-0.1, -0.05) is 32.0 Å². The van der Waals surface area contributed by atoms with Crippen LogP contribution in [0.3, 0.4) is 0 Å². The van der Waals surface area contributed by atoms with E-state index in [4.69, 9.17) is 4.18 Å². The Morgan fingerprint density at radius 2 is 1.74 bits per heavy atom. The summed E-state index contributed by atoms with van der Waals surface area (Å²) in [5, 5.41) is 0. The highest BCUT2D eigenvalue weighted by Crippen LogP contribution is 2.29. The predicted octanol–water partition coefficient (Wildman–Crippen LogP) is 4.31. The van der Waals surface area contributed by atoms with Gasteiger partial charge in [-0.25, -0.2) is 4.39 Å². The Bertz CT molecular complexity index is 1000. The van der Waals surface area contributed by atoms with Crippen LogP contribution in [0.4, 0.5) is 10.1 Å². The van der Waals surface area contributed by atoms with E-state index < -0.39 is 21.8 Å². The number of anilines is 1. The maximum absolute atomic E-state index is 14.2. The van der Waals surface area contributed by atoms with Crippen LogP contribution in [0, 0.1) is 11.7 Å². The molecule has 0 aliphatic heterocycles. The summed E-state index contributed by atoms with van der Waals surface area (Å²) in [4.78, 5) is 16.7. The van der Waals surface area contributed by atoms with Crippen LogP contribution in [0.5, 0.6) is 5.75 Å². The first-order valence-corrected chi connectivity index (χ1v) is 12.2. The fraction of sp³-hybridized carbons (Fsp3) is 0.435. The molecule has 0 saturated carbocycles. The van der Waals surface area contributed by atoms with E-state index >= 15 is 0 Å². The number of halogens is 1. The highest BCUT2D eigenvalue weighted by molar-refractivity contribution is 7.86. The summed E-state index contributed by atoms with van der Waals surface area (Å²) < 4.78 is 43.2. The summed E-state index contributed by atoms with van der Waals surface area (Å²) in [7, 11) is -3.78. The van der Waals surface area contributed by atoms with Crippen molar-refractivity contribution in [2.45, 2.75) is 34.2 Å². The van der Waals surface area contributed by atoms with E-state index in [2.05, 4.69) is 4.90 Å². The van der Waals surface area contributed by atoms with Crippen molar-refractivity contribution in [2.24, 2.45) is 5.92 Å². The van der Waals surface area contributed by atoms with Crippen molar-refractivity contribution >= 4 is 21.7 Å². The van der Waals surface area contributed by atoms with Gasteiger partial charge < -0.3 is 14.0 Å². The Morgan fingerprint density at radius 3 is 2.29 bits per heavy atom. The quantitative estimate of drug-likeness (QED) is 0.505. The third kappa shape index (κ3) is 6.95. The van der Waals surface area contributed by atoms with E-state index in [1.54, 1.807) is 18.2 Å². The van der Waals surface area contributed by atoms with Gasteiger partial charge >= 0.3 is 10.1 Å². The van der Waals surface area contributed by atoms with Gasteiger partial charge in [0.2, 0.25) is 0 Å². The molecule has 1 amide bonds. The molecule has 0 bridgehead atoms. The van der Waals surface area contributed by atoms with E-state index in [0.29, 0.717) is 12.1 Å². The van der Waals surface area contributed by atoms with Crippen LogP contribution in [0.2, 0.25) is 0 Å². The fourth-order valence-corrected chi connectivity index (χ4v) is 3.85. The van der Waals surface area contributed by atoms with E-state index in [9.17, 15) is 17.6 Å². The molecule has 0 N–H and O–H groups in total. The van der Waals surface area contributed by atoms with Gasteiger partial charge in [-0.15, -0.1) is 0 Å². The lowest BCUT2D eigenvalue weighted by Crippen LogP contribution is -2.34. The predicted molar refractivity (Wildman–Crippen MR) is 121 cm³/mol. The van der Waals surface area contributed by atoms with E-state index in [-0.39, 0.29) is 23.8 Å². The van der Waals surface area contributed by atoms with Crippen LogP contribution >= 0.6 is 0 Å². The largest absolute Gasteiger partial charge is 0.382 e. The van der Waals surface area contributed by atoms with Crippen LogP contribution in [0.1, 0.15) is 43.6 Å². The summed E-state index contributed by atoms with van der Waals surface area (Å²) in [5.74, 6) is -0.748. The minimum atomic E-state index is -3.78. The number of hydrogen-bond acceptors (Lipinski definition) is 5. The Balaban J connectivity index is 2.47. The molecule has 2 aromatic carbocycles. The van der Waals surface area contributed by atoms with Crippen molar-refractivity contribution in [2.75, 3.05) is 30.8 Å². The molecular formula is C23H31FN2O4S. The topological polar surface area (TPSA) is 66.9 Å². The average molecular weight is 451 g/mol. The summed E-state index contributed by atoms with van der Waals surface area (Å²) in [6.07, 6.45) is 0.983. The summed E-state index contributed by atoms with van der Waals surface area (Å²) in [6, 6.07) is 11.1. The standard InChI is InChI=1S/C23H31FN2O4S/c1-6-25(7-2)19-13-12-18(22(14-19)30-31(5,28)29)16-26(15-17(3)4)23(27)20-10-8-9-11-21(20)24/h8-14,17H,6-7,15-16H2,1-5H3. The molecule has 0 spiro atoms. The number of carbonyl (C=O) groups excluding carboxylic acids is 1. The van der Waals surface area contributed by atoms with Crippen LogP contribution < -0.4 is 9.08 Å². The number of amides is 1. The van der Waals surface area contributed by atoms with Gasteiger partial charge in [0.1, 0.15) is 11.6 Å². The van der Waals surface area contributed by atoms with Crippen LogP contribution in [0.25, 0.3) is 0 Å². The number of hydrogen-bond donors (Lipinski definition) is 0. The van der Waals surface area contributed by atoms with Crippen LogP contribution in [-0.2, 0) is 16.7 Å². The van der Waals surface area contributed by atoms with Gasteiger partial charge in [-0.3, -0.25) is 4.79 Å². The van der Waals surface area contributed by atoms with Crippen molar-refractivity contribution in [1.29, 1.82) is 0 Å². The van der Waals surface area contributed by atoms with Crippen molar-refractivity contribution in [3.8, 4) is 5.75 Å². The van der Waals surface area contributed by atoms with Gasteiger partial charge in [-0.05, 0) is 38.0 Å². The Hall–Kier alpha value is -2.61. The van der Waals surface area contributed by atoms with Crippen molar-refractivity contribution in [3.05, 3.63) is 59.4 Å². The van der Waals surface area contributed by atoms with Gasteiger partial charge in [0.15, 0.2) is 0 Å². The van der Waals surface area contributed by atoms with Crippen LogP contribution in [0.15, 0.2) is 42.5 Å². The lowest BCUT2D eigenvalue weighted by atomic mass is 10.1. The summed E-state index contributed by atoms with van der Waals surface area (Å²) in [6.45, 7) is 9.90. The Kier molecular flexibility index (Phi) is 8.44. The molecule has 0 saturated heterocycles. The van der Waals surface area contributed by atoms with Gasteiger partial charge in [0, 0.05) is 43.5 Å². The average Bonchev–Trinajstić information content (AvgIpc) is 2.68. The highest BCUT2D eigenvalue weighted by atomic mass is 32.2. The van der Waals surface area contributed by atoms with Crippen molar-refractivity contribution in [1.82, 2.24) is 4.90 Å². The van der Waals surface area contributed by atoms with Gasteiger partial charge in [0.25, 0.3) is 5.91 Å². The zero-order valence-electron chi connectivity index (χ0n) is 18.8. The Morgan fingerprint density at radius 1 is 1.10 bits per heavy atom. The number of carbonyl (C=O) groups is 1. The maximum atomic E-state index is 14.2. The molecule has 0 aliphatic carbocycles. The van der Waals surface area contributed by atoms with Crippen molar-refractivity contribution < 1.29 is 21.8 Å². The monoisotopic (exact) mass is 450 g/mol. The first-order valence-electron chi connectivity index (χ1n) is 10.4. The third-order valence-corrected chi connectivity index (χ3v) is 5.24. The molecule has 6 nitrogen and oxygen atoms in total. The molecule has 0 aromatic heterocycles. The van der Waals surface area contributed by atoms with E-state index in [0.717, 1.165) is 25.0 Å². The maximum Gasteiger partial charge on any atom is 0.306 e. The number of rotatable bonds is 10. The second-order valence-corrected chi connectivity index (χ2v) is 9.39. The van der Waals surface area contributed by atoms with Gasteiger partial charge in [0.05, 0.1) is 11.8 Å². The molecule has 0 atom stereocenters. The molecule has 0 unspecified atom stereocenters. The first kappa shape index (κ1) is 24.7. The third-order valence-electron chi connectivity index (χ3n) is 4.76. The molecule has 0 aliphatic rings. The van der Waals surface area contributed by atoms with Crippen LogP contribution in [-0.4, -0.2) is 45.1 Å². The molecule has 0 heterocycles. The first-order chi connectivity index (χ1) is 14.6. The molecule has 0 fully saturated rings. The molecule has 170 valence electrons. The number of benzene rings is 2. The summed E-state index contributed by atoms with van der Waals surface area (Å²) in [5.41, 5.74) is 1.34. The molecular weight excluding hydrogens is 419 g/mol. The van der Waals surface area contributed by atoms with E-state index in [1.165, 1.54) is 23.1 Å². The minimum absolute atomic E-state index is 0.0199. The molecule has 2 rings (SSSR count). The molecule has 0 radical (unpaired) electrons. The second kappa shape index (κ2) is 10.6. The molecule has 31 heavy (non-hydrogen) atoms. The minimum Gasteiger partial charge on any atom is -0.382 e. The highest BCUT2D eigenvalue weighted by Gasteiger charge is 2.23.